The van der Waals surface area contributed by atoms with Crippen LogP contribution >= 0.6 is 23.5 Å². The lowest BCUT2D eigenvalue weighted by Gasteiger charge is -2.31. The van der Waals surface area contributed by atoms with Gasteiger partial charge in [0.2, 0.25) is 0 Å². The van der Waals surface area contributed by atoms with Crippen LogP contribution in [0.5, 0.6) is 0 Å². The minimum Gasteiger partial charge on any atom is -0.367 e. The maximum Gasteiger partial charge on any atom is 0.183 e. The number of hydrogen-bond acceptors (Lipinski definition) is 6. The van der Waals surface area contributed by atoms with E-state index in [4.69, 9.17) is 11.6 Å². The molecule has 1 aliphatic heterocycles. The van der Waals surface area contributed by atoms with E-state index in [0.29, 0.717) is 33.5 Å². The lowest BCUT2D eigenvalue weighted by molar-refractivity contribution is 0.294. The number of aromatic amines is 1. The summed E-state index contributed by atoms with van der Waals surface area (Å²) in [7, 11) is 0. The molecule has 1 aromatic carbocycles. The molecule has 0 spiro atoms. The molecular formula is C23H21ClF2N6S. The van der Waals surface area contributed by atoms with Crippen molar-refractivity contribution in [3.05, 3.63) is 65.6 Å². The van der Waals surface area contributed by atoms with E-state index in [1.807, 2.05) is 6.07 Å². The van der Waals surface area contributed by atoms with Gasteiger partial charge >= 0.3 is 0 Å². The molecule has 6 nitrogen and oxygen atoms in total. The Morgan fingerprint density at radius 2 is 2.06 bits per heavy atom. The van der Waals surface area contributed by atoms with Gasteiger partial charge in [0.15, 0.2) is 17.5 Å². The van der Waals surface area contributed by atoms with Crippen molar-refractivity contribution in [2.24, 2.45) is 5.92 Å². The number of aromatic nitrogens is 4. The Morgan fingerprint density at radius 1 is 1.18 bits per heavy atom. The zero-order valence-corrected chi connectivity index (χ0v) is 19.1. The van der Waals surface area contributed by atoms with E-state index in [2.05, 4.69) is 29.6 Å². The minimum absolute atomic E-state index is 0.156. The van der Waals surface area contributed by atoms with E-state index < -0.39 is 5.82 Å². The molecular weight excluding hydrogens is 466 g/mol. The number of nitrogens with one attached hydrogen (secondary N) is 2. The fourth-order valence-corrected chi connectivity index (χ4v) is 5.20. The fraction of sp³-hybridized carbons (Fsp3) is 0.261. The highest BCUT2D eigenvalue weighted by Gasteiger charge is 2.22. The summed E-state index contributed by atoms with van der Waals surface area (Å²) in [5.41, 5.74) is 1.36. The van der Waals surface area contributed by atoms with Crippen molar-refractivity contribution in [1.82, 2.24) is 24.2 Å². The summed E-state index contributed by atoms with van der Waals surface area (Å²) >= 11 is 7.52. The number of rotatable bonds is 6. The molecule has 170 valence electrons. The Bertz CT molecular complexity index is 1280. The molecule has 0 bridgehead atoms. The number of H-pyrrole nitrogens is 1. The highest BCUT2D eigenvalue weighted by molar-refractivity contribution is 7.97. The van der Waals surface area contributed by atoms with Gasteiger partial charge in [0.05, 0.1) is 16.1 Å². The van der Waals surface area contributed by atoms with Gasteiger partial charge in [-0.25, -0.2) is 28.0 Å². The average Bonchev–Trinajstić information content (AvgIpc) is 3.23. The van der Waals surface area contributed by atoms with Crippen molar-refractivity contribution in [1.29, 1.82) is 0 Å². The molecule has 1 aliphatic rings. The van der Waals surface area contributed by atoms with Crippen LogP contribution in [0, 0.1) is 17.6 Å². The largest absolute Gasteiger partial charge is 0.367 e. The second kappa shape index (κ2) is 9.62. The fourth-order valence-electron chi connectivity index (χ4n) is 3.96. The molecule has 0 saturated carbocycles. The van der Waals surface area contributed by atoms with Gasteiger partial charge in [-0.15, -0.1) is 0 Å². The van der Waals surface area contributed by atoms with Crippen LogP contribution in [0.2, 0.25) is 5.02 Å². The van der Waals surface area contributed by atoms with Crippen LogP contribution in [0.25, 0.3) is 22.4 Å². The molecule has 0 amide bonds. The standard InChI is InChI=1S/C23H21ClF2N6S/c24-15-8-16-17(11-29-21(16)28-10-15)22-30-12-19(26)23(31-22)27-9-14-4-3-7-32(13-14)33-20-6-2-1-5-18(20)25/h1-2,5-6,8,10-12,14H,3-4,7,9,13H2,(H,28,29)(H,27,30,31). The first-order valence-corrected chi connectivity index (χ1v) is 11.8. The minimum atomic E-state index is -0.511. The Balaban J connectivity index is 1.28. The predicted molar refractivity (Wildman–Crippen MR) is 127 cm³/mol. The molecule has 10 heteroatoms. The first-order valence-electron chi connectivity index (χ1n) is 10.6. The summed E-state index contributed by atoms with van der Waals surface area (Å²) < 4.78 is 30.6. The van der Waals surface area contributed by atoms with Crippen molar-refractivity contribution in [3.63, 3.8) is 0 Å². The summed E-state index contributed by atoms with van der Waals surface area (Å²) in [6.07, 6.45) is 6.47. The Morgan fingerprint density at radius 3 is 2.94 bits per heavy atom. The van der Waals surface area contributed by atoms with Crippen molar-refractivity contribution in [3.8, 4) is 11.4 Å². The van der Waals surface area contributed by atoms with Crippen LogP contribution in [-0.4, -0.2) is 43.9 Å². The molecule has 0 aliphatic carbocycles. The topological polar surface area (TPSA) is 69.7 Å². The molecule has 4 aromatic rings. The van der Waals surface area contributed by atoms with Crippen molar-refractivity contribution < 1.29 is 8.78 Å². The summed E-state index contributed by atoms with van der Waals surface area (Å²) in [6, 6.07) is 8.56. The third-order valence-electron chi connectivity index (χ3n) is 5.59. The number of anilines is 1. The molecule has 1 unspecified atom stereocenters. The number of pyridine rings is 1. The Hall–Kier alpha value is -2.75. The number of piperidine rings is 1. The van der Waals surface area contributed by atoms with Gasteiger partial charge < -0.3 is 10.3 Å². The summed E-state index contributed by atoms with van der Waals surface area (Å²) in [5, 5.41) is 4.42. The zero-order valence-electron chi connectivity index (χ0n) is 17.6. The lowest BCUT2D eigenvalue weighted by Crippen LogP contribution is -2.34. The number of halogens is 3. The smallest absolute Gasteiger partial charge is 0.183 e. The molecule has 1 atom stereocenters. The van der Waals surface area contributed by atoms with E-state index in [-0.39, 0.29) is 17.6 Å². The van der Waals surface area contributed by atoms with Gasteiger partial charge in [-0.3, -0.25) is 0 Å². The van der Waals surface area contributed by atoms with Gasteiger partial charge in [-0.1, -0.05) is 23.7 Å². The molecule has 1 saturated heterocycles. The summed E-state index contributed by atoms with van der Waals surface area (Å²) in [6.45, 7) is 2.22. The SMILES string of the molecule is Fc1ccccc1SN1CCCC(CNc2nc(-c3c[nH]c4ncc(Cl)cc34)ncc2F)C1. The monoisotopic (exact) mass is 486 g/mol. The second-order valence-corrected chi connectivity index (χ2v) is 9.52. The van der Waals surface area contributed by atoms with Gasteiger partial charge in [-0.05, 0) is 48.9 Å². The maximum atomic E-state index is 14.5. The predicted octanol–water partition coefficient (Wildman–Crippen LogP) is 5.78. The lowest BCUT2D eigenvalue weighted by atomic mass is 10.00. The highest BCUT2D eigenvalue weighted by atomic mass is 35.5. The zero-order chi connectivity index (χ0) is 22.8. The number of hydrogen-bond donors (Lipinski definition) is 2. The Labute approximate surface area is 198 Å². The van der Waals surface area contributed by atoms with Crippen molar-refractivity contribution in [2.45, 2.75) is 17.7 Å². The number of fused-ring (bicyclic) bond motifs is 1. The van der Waals surface area contributed by atoms with Crippen molar-refractivity contribution >= 4 is 40.4 Å². The number of nitrogens with zero attached hydrogens (tertiary/aromatic N) is 4. The van der Waals surface area contributed by atoms with Crippen LogP contribution in [-0.2, 0) is 0 Å². The first kappa shape index (κ1) is 22.1. The van der Waals surface area contributed by atoms with Gasteiger partial charge in [0, 0.05) is 43.0 Å². The molecule has 33 heavy (non-hydrogen) atoms. The van der Waals surface area contributed by atoms with Crippen LogP contribution in [0.15, 0.2) is 53.8 Å². The molecule has 2 N–H and O–H groups in total. The number of benzene rings is 1. The molecule has 1 fully saturated rings. The van der Waals surface area contributed by atoms with Crippen LogP contribution in [0.3, 0.4) is 0 Å². The summed E-state index contributed by atoms with van der Waals surface area (Å²) in [5.74, 6) is 0.0972. The van der Waals surface area contributed by atoms with E-state index in [1.54, 1.807) is 30.6 Å². The third-order valence-corrected chi connectivity index (χ3v) is 6.91. The Kier molecular flexibility index (Phi) is 6.43. The average molecular weight is 487 g/mol. The quantitative estimate of drug-likeness (QED) is 0.336. The molecule has 5 rings (SSSR count). The third kappa shape index (κ3) is 4.95. The van der Waals surface area contributed by atoms with Crippen molar-refractivity contribution in [2.75, 3.05) is 25.0 Å². The van der Waals surface area contributed by atoms with E-state index in [1.165, 1.54) is 24.2 Å². The maximum absolute atomic E-state index is 14.5. The molecule has 3 aromatic heterocycles. The van der Waals surface area contributed by atoms with E-state index >= 15 is 0 Å². The van der Waals surface area contributed by atoms with Crippen LogP contribution < -0.4 is 5.32 Å². The highest BCUT2D eigenvalue weighted by Crippen LogP contribution is 2.31. The van der Waals surface area contributed by atoms with Crippen LogP contribution in [0.1, 0.15) is 12.8 Å². The van der Waals surface area contributed by atoms with E-state index in [9.17, 15) is 8.78 Å². The molecule has 4 heterocycles. The van der Waals surface area contributed by atoms with Gasteiger partial charge in [-0.2, -0.15) is 0 Å². The second-order valence-electron chi connectivity index (χ2n) is 7.94. The first-order chi connectivity index (χ1) is 16.1. The summed E-state index contributed by atoms with van der Waals surface area (Å²) in [4.78, 5) is 16.5. The van der Waals surface area contributed by atoms with E-state index in [0.717, 1.165) is 31.3 Å². The normalized spacial score (nSPS) is 16.9. The molecule has 0 radical (unpaired) electrons. The van der Waals surface area contributed by atoms with Gasteiger partial charge in [0.1, 0.15) is 11.5 Å². The van der Waals surface area contributed by atoms with Gasteiger partial charge in [0.25, 0.3) is 0 Å². The van der Waals surface area contributed by atoms with Crippen LogP contribution in [0.4, 0.5) is 14.6 Å².